The Morgan fingerprint density at radius 1 is 1.04 bits per heavy atom. The summed E-state index contributed by atoms with van der Waals surface area (Å²) < 4.78 is 27.8. The van der Waals surface area contributed by atoms with Crippen LogP contribution in [0.25, 0.3) is 0 Å². The van der Waals surface area contributed by atoms with E-state index in [-0.39, 0.29) is 42.8 Å². The maximum atomic E-state index is 14.5. The molecule has 5 amide bonds. The van der Waals surface area contributed by atoms with Crippen molar-refractivity contribution in [3.05, 3.63) is 29.0 Å². The van der Waals surface area contributed by atoms with Crippen LogP contribution in [0, 0.1) is 34.0 Å². The highest BCUT2D eigenvalue weighted by molar-refractivity contribution is 7.89. The van der Waals surface area contributed by atoms with Gasteiger partial charge >= 0.3 is 6.03 Å². The molecule has 0 aromatic carbocycles. The monoisotopic (exact) mass is 760 g/mol. The fourth-order valence-corrected chi connectivity index (χ4v) is 10.8. The molecule has 4 aliphatic rings. The molecular formula is C37H56N6O7S2. The number of nitrogens with one attached hydrogen (secondary N) is 4. The molecule has 3 heterocycles. The highest BCUT2D eigenvalue weighted by atomic mass is 32.2. The molecular weight excluding hydrogens is 705 g/mol. The zero-order valence-corrected chi connectivity index (χ0v) is 33.3. The molecule has 6 atom stereocenters. The predicted octanol–water partition coefficient (Wildman–Crippen LogP) is 3.41. The van der Waals surface area contributed by atoms with Gasteiger partial charge in [0.05, 0.1) is 10.9 Å². The van der Waals surface area contributed by atoms with Crippen LogP contribution < -0.4 is 21.3 Å². The first kappa shape index (κ1) is 39.9. The number of piperidine rings is 1. The van der Waals surface area contributed by atoms with Crippen LogP contribution in [0.15, 0.2) is 29.0 Å². The topological polar surface area (TPSA) is 174 Å². The van der Waals surface area contributed by atoms with Crippen LogP contribution in [0.1, 0.15) is 86.0 Å². The highest BCUT2D eigenvalue weighted by Gasteiger charge is 2.70. The Kier molecular flexibility index (Phi) is 11.1. The van der Waals surface area contributed by atoms with E-state index in [9.17, 15) is 32.4 Å². The van der Waals surface area contributed by atoms with E-state index in [4.69, 9.17) is 0 Å². The molecule has 0 radical (unpaired) electrons. The lowest BCUT2D eigenvalue weighted by Gasteiger charge is -2.39. The first-order valence-corrected chi connectivity index (χ1v) is 20.6. The smallest absolute Gasteiger partial charge is 0.315 e. The Bertz CT molecular complexity index is 1700. The van der Waals surface area contributed by atoms with Gasteiger partial charge in [0.15, 0.2) is 0 Å². The highest BCUT2D eigenvalue weighted by Crippen LogP contribution is 2.65. The second kappa shape index (κ2) is 14.5. The molecule has 1 saturated heterocycles. The van der Waals surface area contributed by atoms with Crippen molar-refractivity contribution >= 4 is 50.9 Å². The van der Waals surface area contributed by atoms with E-state index in [0.717, 1.165) is 24.1 Å². The molecule has 5 rings (SSSR count). The molecule has 2 aliphatic heterocycles. The summed E-state index contributed by atoms with van der Waals surface area (Å²) in [6, 6.07) is -2.57. The molecule has 4 N–H and O–H groups in total. The van der Waals surface area contributed by atoms with Crippen molar-refractivity contribution < 1.29 is 32.4 Å². The fraction of sp³-hybridized carbons (Fsp3) is 0.703. The Labute approximate surface area is 312 Å². The maximum absolute atomic E-state index is 14.5. The average Bonchev–Trinajstić information content (AvgIpc) is 3.47. The molecule has 15 heteroatoms. The standard InChI is InChI=1S/C37H56N6O7S2/c1-10-15-38-32(46)29(44)23(17-21-12-11-13-21)39-31(45)28-27-22(37(27,8)9)18-43(28)33(47)30(36(5,6)7)41-34(48)40-26(35(2,3)4)20-42-19-24-25(14-16-51-24)52(42,49)50/h10,14,16,21-23,26-28,30H,1,11-13,15,17-20H2,2-9H3,(H,38,46)(H,39,45)(H2,40,41,48)/t22-,23?,26+,27-,28-,30+/m0/s1. The number of carbonyl (C=O) groups is 5. The van der Waals surface area contributed by atoms with Crippen molar-refractivity contribution in [1.82, 2.24) is 30.5 Å². The number of ketones is 1. The van der Waals surface area contributed by atoms with Crippen LogP contribution in [-0.4, -0.2) is 91.0 Å². The minimum Gasteiger partial charge on any atom is -0.346 e. The number of nitrogens with zero attached hydrogens (tertiary/aromatic N) is 2. The van der Waals surface area contributed by atoms with E-state index in [1.807, 2.05) is 41.5 Å². The van der Waals surface area contributed by atoms with E-state index in [1.165, 1.54) is 26.6 Å². The zero-order chi connectivity index (χ0) is 38.6. The molecule has 3 fully saturated rings. The number of hydrogen-bond donors (Lipinski definition) is 4. The lowest BCUT2D eigenvalue weighted by atomic mass is 9.80. The van der Waals surface area contributed by atoms with Gasteiger partial charge in [-0.3, -0.25) is 19.2 Å². The second-order valence-corrected chi connectivity index (χ2v) is 20.6. The van der Waals surface area contributed by atoms with Crippen LogP contribution in [0.3, 0.4) is 0 Å². The van der Waals surface area contributed by atoms with Crippen LogP contribution in [0.2, 0.25) is 0 Å². The van der Waals surface area contributed by atoms with Crippen LogP contribution >= 0.6 is 11.3 Å². The van der Waals surface area contributed by atoms with Crippen LogP contribution in [0.5, 0.6) is 0 Å². The summed E-state index contributed by atoms with van der Waals surface area (Å²) in [6.45, 7) is 19.6. The van der Waals surface area contributed by atoms with Crippen molar-refractivity contribution in [2.45, 2.75) is 117 Å². The number of carbonyl (C=O) groups excluding carboxylic acids is 5. The van der Waals surface area contributed by atoms with Gasteiger partial charge in [0.25, 0.3) is 5.91 Å². The van der Waals surface area contributed by atoms with Gasteiger partial charge in [-0.2, -0.15) is 4.31 Å². The number of hydrogen-bond acceptors (Lipinski definition) is 8. The number of fused-ring (bicyclic) bond motifs is 2. The van der Waals surface area contributed by atoms with Gasteiger partial charge in [0, 0.05) is 37.1 Å². The number of likely N-dealkylation sites (tertiary alicyclic amines) is 1. The number of Topliss-reactive ketones (excluding diaryl/α,β-unsaturated/α-hetero) is 1. The van der Waals surface area contributed by atoms with Gasteiger partial charge in [0.2, 0.25) is 27.6 Å². The van der Waals surface area contributed by atoms with Crippen LogP contribution in [0.4, 0.5) is 4.79 Å². The quantitative estimate of drug-likeness (QED) is 0.176. The van der Waals surface area contributed by atoms with Gasteiger partial charge in [0.1, 0.15) is 12.1 Å². The Morgan fingerprint density at radius 3 is 2.27 bits per heavy atom. The summed E-state index contributed by atoms with van der Waals surface area (Å²) in [5.41, 5.74) is -1.52. The normalized spacial score (nSPS) is 25.1. The molecule has 1 unspecified atom stereocenters. The molecule has 13 nitrogen and oxygen atoms in total. The second-order valence-electron chi connectivity index (χ2n) is 17.7. The average molecular weight is 761 g/mol. The summed E-state index contributed by atoms with van der Waals surface area (Å²) in [7, 11) is -3.69. The Hall–Kier alpha value is -3.30. The molecule has 52 heavy (non-hydrogen) atoms. The summed E-state index contributed by atoms with van der Waals surface area (Å²) in [4.78, 5) is 71.0. The number of urea groups is 1. The molecule has 0 bridgehead atoms. The molecule has 1 aromatic rings. The minimum atomic E-state index is -3.69. The molecule has 0 spiro atoms. The third-order valence-corrected chi connectivity index (χ3v) is 14.5. The van der Waals surface area contributed by atoms with Gasteiger partial charge in [-0.15, -0.1) is 17.9 Å². The van der Waals surface area contributed by atoms with Gasteiger partial charge in [-0.25, -0.2) is 13.2 Å². The molecule has 2 saturated carbocycles. The van der Waals surface area contributed by atoms with Crippen LogP contribution in [-0.2, 0) is 35.7 Å². The zero-order valence-electron chi connectivity index (χ0n) is 31.7. The van der Waals surface area contributed by atoms with Crippen molar-refractivity contribution in [2.24, 2.45) is 34.0 Å². The van der Waals surface area contributed by atoms with Gasteiger partial charge in [-0.1, -0.05) is 80.7 Å². The van der Waals surface area contributed by atoms with E-state index in [2.05, 4.69) is 41.7 Å². The lowest BCUT2D eigenvalue weighted by molar-refractivity contribution is -0.145. The van der Waals surface area contributed by atoms with E-state index in [0.29, 0.717) is 17.9 Å². The largest absolute Gasteiger partial charge is 0.346 e. The molecule has 2 aliphatic carbocycles. The summed E-state index contributed by atoms with van der Waals surface area (Å²) >= 11 is 1.38. The summed E-state index contributed by atoms with van der Waals surface area (Å²) in [5.74, 6) is -2.30. The van der Waals surface area contributed by atoms with Crippen molar-refractivity contribution in [2.75, 3.05) is 19.6 Å². The van der Waals surface area contributed by atoms with Crippen molar-refractivity contribution in [1.29, 1.82) is 0 Å². The molecule has 288 valence electrons. The van der Waals surface area contributed by atoms with E-state index < -0.39 is 74.6 Å². The minimum absolute atomic E-state index is 0.0496. The summed E-state index contributed by atoms with van der Waals surface area (Å²) in [6.07, 6.45) is 4.69. The van der Waals surface area contributed by atoms with Gasteiger partial charge < -0.3 is 26.2 Å². The fourth-order valence-electron chi connectivity index (χ4n) is 7.88. The Morgan fingerprint density at radius 2 is 1.71 bits per heavy atom. The lowest BCUT2D eigenvalue weighted by Crippen LogP contribution is -2.62. The Balaban J connectivity index is 1.32. The van der Waals surface area contributed by atoms with E-state index in [1.54, 1.807) is 11.4 Å². The third-order valence-electron chi connectivity index (χ3n) is 11.6. The number of amides is 5. The number of rotatable bonds is 13. The third kappa shape index (κ3) is 7.96. The first-order chi connectivity index (χ1) is 24.1. The number of sulfonamides is 1. The molecule has 1 aromatic heterocycles. The van der Waals surface area contributed by atoms with E-state index >= 15 is 0 Å². The maximum Gasteiger partial charge on any atom is 0.315 e. The predicted molar refractivity (Wildman–Crippen MR) is 198 cm³/mol. The first-order valence-electron chi connectivity index (χ1n) is 18.3. The van der Waals surface area contributed by atoms with Crippen molar-refractivity contribution in [3.8, 4) is 0 Å². The summed E-state index contributed by atoms with van der Waals surface area (Å²) in [5, 5.41) is 13.0. The SMILES string of the molecule is C=CCNC(=O)C(=O)C(CC1CCC1)NC(=O)[C@@H]1[C@@H]2[C@H](CN1C(=O)[C@@H](NC(=O)N[C@H](CN1Cc3sccc3S1(=O)=O)C(C)(C)C)C(C)(C)C)C2(C)C. The van der Waals surface area contributed by atoms with Gasteiger partial charge in [-0.05, 0) is 51.9 Å². The number of thiophene rings is 1. The van der Waals surface area contributed by atoms with Crippen molar-refractivity contribution in [3.63, 3.8) is 0 Å².